The first-order valence-corrected chi connectivity index (χ1v) is 8.42. The van der Waals surface area contributed by atoms with Crippen LogP contribution < -0.4 is 4.74 Å². The Labute approximate surface area is 143 Å². The average molecular weight is 386 g/mol. The van der Waals surface area contributed by atoms with Crippen molar-refractivity contribution in [2.75, 3.05) is 6.61 Å². The van der Waals surface area contributed by atoms with Gasteiger partial charge >= 0.3 is 0 Å². The Morgan fingerprint density at radius 1 is 1.14 bits per heavy atom. The number of hydrogen-bond donors (Lipinski definition) is 0. The second kappa shape index (κ2) is 5.49. The normalized spacial score (nSPS) is 17.2. The highest BCUT2D eigenvalue weighted by molar-refractivity contribution is 9.09. The molecule has 4 heteroatoms. The summed E-state index contributed by atoms with van der Waals surface area (Å²) in [5, 5.41) is 1.39. The van der Waals surface area contributed by atoms with Gasteiger partial charge in [-0.05, 0) is 41.5 Å². The van der Waals surface area contributed by atoms with Gasteiger partial charge in [0.2, 0.25) is 0 Å². The molecule has 1 aliphatic rings. The molecular weight excluding hydrogens is 371 g/mol. The van der Waals surface area contributed by atoms with Gasteiger partial charge in [-0.1, -0.05) is 59.0 Å². The lowest BCUT2D eigenvalue weighted by atomic mass is 9.85. The average Bonchev–Trinajstić information content (AvgIpc) is 2.76. The smallest absolute Gasteiger partial charge is 0.123 e. The Kier molecular flexibility index (Phi) is 3.98. The highest BCUT2D eigenvalue weighted by Gasteiger charge is 2.32. The van der Waals surface area contributed by atoms with Gasteiger partial charge in [-0.15, -0.1) is 0 Å². The maximum absolute atomic E-state index is 6.30. The molecule has 1 heterocycles. The zero-order valence-corrected chi connectivity index (χ0v) is 14.9. The Morgan fingerprint density at radius 2 is 1.90 bits per heavy atom. The second-order valence-corrected chi connectivity index (χ2v) is 7.72. The number of benzene rings is 2. The van der Waals surface area contributed by atoms with Gasteiger partial charge in [-0.3, -0.25) is 0 Å². The number of alkyl halides is 1. The molecule has 21 heavy (non-hydrogen) atoms. The molecule has 0 saturated heterocycles. The predicted octanol–water partition coefficient (Wildman–Crippen LogP) is 6.15. The summed E-state index contributed by atoms with van der Waals surface area (Å²) in [7, 11) is 0. The van der Waals surface area contributed by atoms with Crippen LogP contribution in [0.3, 0.4) is 0 Å². The van der Waals surface area contributed by atoms with E-state index in [1.807, 2.05) is 18.2 Å². The molecule has 0 saturated carbocycles. The molecule has 0 amide bonds. The standard InChI is InChI=1S/C17H15BrCl2O/c1-17(2)9-21-15-6-3-10(7-13(15)17)16(18)12-8-11(19)4-5-14(12)20/h3-8,16H,9H2,1-2H3. The van der Waals surface area contributed by atoms with E-state index in [2.05, 4.69) is 41.9 Å². The topological polar surface area (TPSA) is 9.23 Å². The summed E-state index contributed by atoms with van der Waals surface area (Å²) in [5.41, 5.74) is 3.40. The summed E-state index contributed by atoms with van der Waals surface area (Å²) in [6, 6.07) is 11.8. The Bertz CT molecular complexity index is 697. The van der Waals surface area contributed by atoms with Crippen molar-refractivity contribution in [2.45, 2.75) is 24.1 Å². The van der Waals surface area contributed by atoms with Crippen LogP contribution in [-0.2, 0) is 5.41 Å². The lowest BCUT2D eigenvalue weighted by Crippen LogP contribution is -2.18. The van der Waals surface area contributed by atoms with Crippen molar-refractivity contribution < 1.29 is 4.74 Å². The minimum atomic E-state index is 0.00500. The molecule has 0 radical (unpaired) electrons. The fourth-order valence-electron chi connectivity index (χ4n) is 2.58. The number of halogens is 3. The largest absolute Gasteiger partial charge is 0.492 e. The third kappa shape index (κ3) is 2.81. The van der Waals surface area contributed by atoms with Gasteiger partial charge in [-0.25, -0.2) is 0 Å². The molecule has 3 rings (SSSR count). The Morgan fingerprint density at radius 3 is 2.67 bits per heavy atom. The van der Waals surface area contributed by atoms with Crippen molar-refractivity contribution in [2.24, 2.45) is 0 Å². The predicted molar refractivity (Wildman–Crippen MR) is 92.2 cm³/mol. The molecular formula is C17H15BrCl2O. The van der Waals surface area contributed by atoms with E-state index in [9.17, 15) is 0 Å². The second-order valence-electron chi connectivity index (χ2n) is 5.96. The van der Waals surface area contributed by atoms with E-state index in [0.29, 0.717) is 10.0 Å². The van der Waals surface area contributed by atoms with Crippen molar-refractivity contribution in [3.05, 3.63) is 63.1 Å². The minimum Gasteiger partial charge on any atom is -0.492 e. The van der Waals surface area contributed by atoms with Crippen LogP contribution in [0, 0.1) is 0 Å². The lowest BCUT2D eigenvalue weighted by molar-refractivity contribution is 0.291. The van der Waals surface area contributed by atoms with Gasteiger partial charge in [0.25, 0.3) is 0 Å². The quantitative estimate of drug-likeness (QED) is 0.563. The van der Waals surface area contributed by atoms with Gasteiger partial charge in [0.15, 0.2) is 0 Å². The van der Waals surface area contributed by atoms with E-state index in [0.717, 1.165) is 23.5 Å². The summed E-state index contributed by atoms with van der Waals surface area (Å²) in [6.45, 7) is 5.10. The molecule has 0 bridgehead atoms. The molecule has 2 aromatic carbocycles. The summed E-state index contributed by atoms with van der Waals surface area (Å²) in [5.74, 6) is 0.973. The van der Waals surface area contributed by atoms with Gasteiger partial charge in [-0.2, -0.15) is 0 Å². The zero-order chi connectivity index (χ0) is 15.2. The van der Waals surface area contributed by atoms with Crippen LogP contribution in [0.2, 0.25) is 10.0 Å². The highest BCUT2D eigenvalue weighted by Crippen LogP contribution is 2.43. The van der Waals surface area contributed by atoms with E-state index >= 15 is 0 Å². The fourth-order valence-corrected chi connectivity index (χ4v) is 3.79. The summed E-state index contributed by atoms with van der Waals surface area (Å²) < 4.78 is 5.73. The first kappa shape index (κ1) is 15.2. The Balaban J connectivity index is 2.03. The number of hydrogen-bond acceptors (Lipinski definition) is 1. The van der Waals surface area contributed by atoms with Crippen molar-refractivity contribution in [3.63, 3.8) is 0 Å². The molecule has 0 N–H and O–H groups in total. The first-order valence-electron chi connectivity index (χ1n) is 6.75. The minimum absolute atomic E-state index is 0.00500. The zero-order valence-electron chi connectivity index (χ0n) is 11.8. The molecule has 0 fully saturated rings. The summed E-state index contributed by atoms with van der Waals surface area (Å²) in [4.78, 5) is 0.00500. The lowest BCUT2D eigenvalue weighted by Gasteiger charge is -2.18. The Hall–Kier alpha value is -0.700. The maximum Gasteiger partial charge on any atom is 0.123 e. The highest BCUT2D eigenvalue weighted by atomic mass is 79.9. The van der Waals surface area contributed by atoms with Crippen molar-refractivity contribution in [3.8, 4) is 5.75 Å². The summed E-state index contributed by atoms with van der Waals surface area (Å²) >= 11 is 16.1. The van der Waals surface area contributed by atoms with Crippen LogP contribution in [0.15, 0.2) is 36.4 Å². The number of ether oxygens (including phenoxy) is 1. The van der Waals surface area contributed by atoms with Crippen LogP contribution in [0.5, 0.6) is 5.75 Å². The van der Waals surface area contributed by atoms with E-state index in [1.54, 1.807) is 6.07 Å². The first-order chi connectivity index (χ1) is 9.88. The van der Waals surface area contributed by atoms with Crippen LogP contribution in [0.1, 0.15) is 35.4 Å². The molecule has 1 nitrogen and oxygen atoms in total. The van der Waals surface area contributed by atoms with Crippen molar-refractivity contribution >= 4 is 39.1 Å². The monoisotopic (exact) mass is 384 g/mol. The molecule has 1 aliphatic heterocycles. The molecule has 110 valence electrons. The SMILES string of the molecule is CC1(C)COc2ccc(C(Br)c3cc(Cl)ccc3Cl)cc21. The maximum atomic E-state index is 6.30. The van der Waals surface area contributed by atoms with Crippen LogP contribution in [-0.4, -0.2) is 6.61 Å². The summed E-state index contributed by atoms with van der Waals surface area (Å²) in [6.07, 6.45) is 0. The van der Waals surface area contributed by atoms with Crippen LogP contribution in [0.25, 0.3) is 0 Å². The van der Waals surface area contributed by atoms with Gasteiger partial charge < -0.3 is 4.74 Å². The fraction of sp³-hybridized carbons (Fsp3) is 0.294. The number of fused-ring (bicyclic) bond motifs is 1. The number of rotatable bonds is 2. The third-order valence-electron chi connectivity index (χ3n) is 3.85. The van der Waals surface area contributed by atoms with Gasteiger partial charge in [0.1, 0.15) is 5.75 Å². The van der Waals surface area contributed by atoms with E-state index in [1.165, 1.54) is 5.56 Å². The van der Waals surface area contributed by atoms with Crippen molar-refractivity contribution in [1.29, 1.82) is 0 Å². The molecule has 0 aliphatic carbocycles. The van der Waals surface area contributed by atoms with E-state index in [4.69, 9.17) is 27.9 Å². The molecule has 2 aromatic rings. The molecule has 1 atom stereocenters. The van der Waals surface area contributed by atoms with E-state index in [-0.39, 0.29) is 10.2 Å². The molecule has 0 aromatic heterocycles. The molecule has 1 unspecified atom stereocenters. The van der Waals surface area contributed by atoms with E-state index < -0.39 is 0 Å². The van der Waals surface area contributed by atoms with Crippen molar-refractivity contribution in [1.82, 2.24) is 0 Å². The molecule has 0 spiro atoms. The van der Waals surface area contributed by atoms with Gasteiger partial charge in [0.05, 0.1) is 11.4 Å². The van der Waals surface area contributed by atoms with Crippen LogP contribution in [0.4, 0.5) is 0 Å². The third-order valence-corrected chi connectivity index (χ3v) is 5.45. The van der Waals surface area contributed by atoms with Crippen LogP contribution >= 0.6 is 39.1 Å². The van der Waals surface area contributed by atoms with Gasteiger partial charge in [0, 0.05) is 21.0 Å².